The van der Waals surface area contributed by atoms with Gasteiger partial charge in [0.05, 0.1) is 36.9 Å². The molecule has 0 radical (unpaired) electrons. The third-order valence-corrected chi connectivity index (χ3v) is 12.9. The lowest BCUT2D eigenvalue weighted by Crippen LogP contribution is -2.02. The number of ether oxygens (including phenoxy) is 2. The molecule has 69 heavy (non-hydrogen) atoms. The summed E-state index contributed by atoms with van der Waals surface area (Å²) in [6.45, 7) is 0. The number of nitrogens with one attached hydrogen (secondary N) is 1. The first-order chi connectivity index (χ1) is 34.1. The van der Waals surface area contributed by atoms with Gasteiger partial charge in [0.1, 0.15) is 11.5 Å². The summed E-state index contributed by atoms with van der Waals surface area (Å²) in [7, 11) is 3.43. The average molecular weight is 889 g/mol. The summed E-state index contributed by atoms with van der Waals surface area (Å²) in [6.07, 6.45) is 2.23. The second-order valence-corrected chi connectivity index (χ2v) is 17.1. The van der Waals surface area contributed by atoms with Crippen molar-refractivity contribution < 1.29 is 9.47 Å². The van der Waals surface area contributed by atoms with Gasteiger partial charge in [-0.25, -0.2) is 4.99 Å². The third-order valence-electron chi connectivity index (χ3n) is 12.9. The van der Waals surface area contributed by atoms with Gasteiger partial charge >= 0.3 is 0 Å². The van der Waals surface area contributed by atoms with Crippen molar-refractivity contribution in [3.8, 4) is 78.4 Å². The number of methoxy groups -OCH3 is 2. The van der Waals surface area contributed by atoms with Crippen LogP contribution in [0, 0.1) is 0 Å². The van der Waals surface area contributed by atoms with Crippen LogP contribution in [0.3, 0.4) is 0 Å². The highest BCUT2D eigenvalue weighted by atomic mass is 16.5. The van der Waals surface area contributed by atoms with Gasteiger partial charge in [-0.3, -0.25) is 0 Å². The molecule has 1 aromatic heterocycles. The van der Waals surface area contributed by atoms with Crippen molar-refractivity contribution in [3.63, 3.8) is 0 Å². The van der Waals surface area contributed by atoms with E-state index < -0.39 is 0 Å². The zero-order chi connectivity index (χ0) is 46.5. The van der Waals surface area contributed by atoms with E-state index in [0.29, 0.717) is 11.5 Å². The Bertz CT molecular complexity index is 3460. The first kappa shape index (κ1) is 42.6. The fourth-order valence-corrected chi connectivity index (χ4v) is 9.35. The number of aromatic nitrogens is 1. The standard InChI is InChI=1S/C65H48N2O2/c1-68-60-24-15-25-61(69-2)62(60)63(64-56(52-34-26-48(27-35-52)44-16-7-3-8-17-44)42-58(66-64)54-38-30-50(31-39-54)46-20-11-5-12-21-46)65-57(53-36-28-49(29-37-53)45-18-9-4-10-19-45)43-59(67-65)55-40-32-51(33-41-55)47-22-13-6-14-23-47/h3-43,66H,1-2H3/b65-63-. The van der Waals surface area contributed by atoms with Gasteiger partial charge in [0.25, 0.3) is 0 Å². The van der Waals surface area contributed by atoms with Crippen LogP contribution >= 0.6 is 0 Å². The zero-order valence-electron chi connectivity index (χ0n) is 38.4. The van der Waals surface area contributed by atoms with E-state index in [1.807, 2.05) is 30.3 Å². The highest BCUT2D eigenvalue weighted by Crippen LogP contribution is 2.48. The van der Waals surface area contributed by atoms with Gasteiger partial charge in [-0.1, -0.05) is 224 Å². The van der Waals surface area contributed by atoms with Gasteiger partial charge in [-0.2, -0.15) is 0 Å². The van der Waals surface area contributed by atoms with Crippen molar-refractivity contribution in [2.75, 3.05) is 14.2 Å². The molecule has 4 heteroatoms. The molecule has 0 unspecified atom stereocenters. The third kappa shape index (κ3) is 8.64. The van der Waals surface area contributed by atoms with E-state index in [1.165, 1.54) is 11.1 Å². The Morgan fingerprint density at radius 1 is 0.362 bits per heavy atom. The Kier molecular flexibility index (Phi) is 11.8. The molecule has 11 rings (SSSR count). The molecule has 330 valence electrons. The highest BCUT2D eigenvalue weighted by Gasteiger charge is 2.30. The molecule has 0 saturated carbocycles. The van der Waals surface area contributed by atoms with Crippen molar-refractivity contribution >= 4 is 16.9 Å². The molecule has 2 heterocycles. The summed E-state index contributed by atoms with van der Waals surface area (Å²) in [4.78, 5) is 9.69. The van der Waals surface area contributed by atoms with Crippen LogP contribution in [-0.4, -0.2) is 24.9 Å². The van der Waals surface area contributed by atoms with Gasteiger partial charge in [0.2, 0.25) is 0 Å². The van der Waals surface area contributed by atoms with Crippen LogP contribution in [0.5, 0.6) is 11.5 Å². The number of nitrogens with zero attached hydrogens (tertiary/aromatic N) is 1. The maximum Gasteiger partial charge on any atom is 0.130 e. The highest BCUT2D eigenvalue weighted by molar-refractivity contribution is 6.20. The minimum Gasteiger partial charge on any atom is -0.496 e. The minimum absolute atomic E-state index is 0.667. The van der Waals surface area contributed by atoms with E-state index in [2.05, 4.69) is 223 Å². The summed E-state index contributed by atoms with van der Waals surface area (Å²) in [5, 5.41) is 0. The molecule has 1 N–H and O–H groups in total. The molecular formula is C65H48N2O2. The SMILES string of the molecule is COc1cccc(OC)c1/C(=C1/N=C(c2ccc(-c3ccccc3)cc2)C=C1c1ccc(-c2ccccc2)cc1)c1[nH]c(-c2ccc(-c3ccccc3)cc2)cc1-c1ccc(-c2ccccc2)cc1. The topological polar surface area (TPSA) is 46.6 Å². The number of benzene rings is 9. The molecule has 10 aromatic rings. The number of aliphatic imine (C=N–C) groups is 1. The van der Waals surface area contributed by atoms with E-state index in [9.17, 15) is 0 Å². The van der Waals surface area contributed by atoms with Crippen molar-refractivity contribution in [1.82, 2.24) is 4.98 Å². The Hall–Kier alpha value is -8.99. The molecule has 0 spiro atoms. The van der Waals surface area contributed by atoms with Crippen molar-refractivity contribution in [2.24, 2.45) is 4.99 Å². The minimum atomic E-state index is 0.667. The van der Waals surface area contributed by atoms with Gasteiger partial charge in [-0.05, 0) is 85.5 Å². The Balaban J connectivity index is 1.16. The van der Waals surface area contributed by atoms with E-state index >= 15 is 0 Å². The predicted molar refractivity (Wildman–Crippen MR) is 286 cm³/mol. The van der Waals surface area contributed by atoms with Gasteiger partial charge in [0.15, 0.2) is 0 Å². The molecule has 0 atom stereocenters. The first-order valence-electron chi connectivity index (χ1n) is 23.2. The largest absolute Gasteiger partial charge is 0.496 e. The van der Waals surface area contributed by atoms with Crippen LogP contribution in [0.2, 0.25) is 0 Å². The summed E-state index contributed by atoms with van der Waals surface area (Å²) in [6, 6.07) is 85.4. The van der Waals surface area contributed by atoms with Crippen LogP contribution in [0.1, 0.15) is 22.4 Å². The second-order valence-electron chi connectivity index (χ2n) is 17.1. The molecule has 0 fully saturated rings. The molecule has 1 aliphatic heterocycles. The van der Waals surface area contributed by atoms with Crippen molar-refractivity contribution in [1.29, 1.82) is 0 Å². The fourth-order valence-electron chi connectivity index (χ4n) is 9.35. The van der Waals surface area contributed by atoms with Crippen molar-refractivity contribution in [2.45, 2.75) is 0 Å². The van der Waals surface area contributed by atoms with Crippen LogP contribution in [0.4, 0.5) is 0 Å². The summed E-state index contributed by atoms with van der Waals surface area (Å²) >= 11 is 0. The predicted octanol–water partition coefficient (Wildman–Crippen LogP) is 16.4. The normalized spacial score (nSPS) is 12.8. The Labute approximate surface area is 403 Å². The Morgan fingerprint density at radius 3 is 1.14 bits per heavy atom. The quantitative estimate of drug-likeness (QED) is 0.133. The fraction of sp³-hybridized carbons (Fsp3) is 0.0308. The molecule has 0 saturated heterocycles. The van der Waals surface area contributed by atoms with Crippen LogP contribution in [0.25, 0.3) is 78.0 Å². The molecule has 4 nitrogen and oxygen atoms in total. The number of H-pyrrole nitrogens is 1. The van der Waals surface area contributed by atoms with E-state index in [4.69, 9.17) is 14.5 Å². The number of rotatable bonds is 12. The van der Waals surface area contributed by atoms with E-state index in [0.717, 1.165) is 101 Å². The molecule has 1 aliphatic rings. The van der Waals surface area contributed by atoms with Crippen LogP contribution < -0.4 is 9.47 Å². The summed E-state index contributed by atoms with van der Waals surface area (Å²) < 4.78 is 12.6. The van der Waals surface area contributed by atoms with Gasteiger partial charge in [-0.15, -0.1) is 0 Å². The van der Waals surface area contributed by atoms with Gasteiger partial charge < -0.3 is 14.5 Å². The average Bonchev–Trinajstić information content (AvgIpc) is 4.08. The van der Waals surface area contributed by atoms with E-state index in [-0.39, 0.29) is 0 Å². The lowest BCUT2D eigenvalue weighted by molar-refractivity contribution is 0.392. The maximum atomic E-state index is 6.28. The van der Waals surface area contributed by atoms with Crippen LogP contribution in [-0.2, 0) is 0 Å². The lowest BCUT2D eigenvalue weighted by Gasteiger charge is -2.20. The smallest absolute Gasteiger partial charge is 0.130 e. The van der Waals surface area contributed by atoms with Crippen molar-refractivity contribution in [3.05, 3.63) is 277 Å². The monoisotopic (exact) mass is 888 g/mol. The molecule has 0 aliphatic carbocycles. The van der Waals surface area contributed by atoms with E-state index in [1.54, 1.807) is 14.2 Å². The molecule has 0 bridgehead atoms. The molecular weight excluding hydrogens is 841 g/mol. The summed E-state index contributed by atoms with van der Waals surface area (Å²) in [5.41, 5.74) is 20.6. The maximum absolute atomic E-state index is 6.28. The number of hydrogen-bond donors (Lipinski definition) is 1. The summed E-state index contributed by atoms with van der Waals surface area (Å²) in [5.74, 6) is 1.33. The van der Waals surface area contributed by atoms with Gasteiger partial charge in [0, 0.05) is 28.0 Å². The number of aromatic amines is 1. The zero-order valence-corrected chi connectivity index (χ0v) is 38.4. The number of allylic oxidation sites excluding steroid dienone is 2. The Morgan fingerprint density at radius 2 is 0.725 bits per heavy atom. The lowest BCUT2D eigenvalue weighted by atomic mass is 9.89. The van der Waals surface area contributed by atoms with Crippen LogP contribution in [0.15, 0.2) is 259 Å². The molecule has 0 amide bonds. The number of hydrogen-bond acceptors (Lipinski definition) is 3. The molecule has 9 aromatic carbocycles. The second kappa shape index (κ2) is 19.1. The first-order valence-corrected chi connectivity index (χ1v) is 23.2.